The van der Waals surface area contributed by atoms with Gasteiger partial charge in [-0.1, -0.05) is 6.92 Å². The lowest BCUT2D eigenvalue weighted by atomic mass is 10.00. The summed E-state index contributed by atoms with van der Waals surface area (Å²) in [4.78, 5) is 10.8. The second-order valence-corrected chi connectivity index (χ2v) is 2.93. The van der Waals surface area contributed by atoms with Crippen LogP contribution in [0.25, 0.3) is 0 Å². The van der Waals surface area contributed by atoms with Crippen LogP contribution in [-0.2, 0) is 4.79 Å². The van der Waals surface area contributed by atoms with Gasteiger partial charge in [0.05, 0.1) is 0 Å². The summed E-state index contributed by atoms with van der Waals surface area (Å²) in [5, 5.41) is 2.38. The number of carbonyl (C=O) groups excluding carboxylic acids is 1. The Morgan fingerprint density at radius 1 is 1.78 bits per heavy atom. The third kappa shape index (κ3) is 1.36. The van der Waals surface area contributed by atoms with E-state index in [0.717, 1.165) is 13.0 Å². The van der Waals surface area contributed by atoms with E-state index in [4.69, 9.17) is 11.6 Å². The monoisotopic (exact) mass is 147 g/mol. The highest BCUT2D eigenvalue weighted by Crippen LogP contribution is 2.17. The number of nitrogens with one attached hydrogen (secondary N) is 1. The standard InChI is InChI=1S/C6H10ClNO/c1-4-2-3-8-6(9)5(4)7/h4-5H,2-3H2,1H3,(H,8,9). The number of halogens is 1. The molecule has 2 unspecified atom stereocenters. The highest BCUT2D eigenvalue weighted by atomic mass is 35.5. The third-order valence-electron chi connectivity index (χ3n) is 1.65. The predicted octanol–water partition coefficient (Wildman–Crippen LogP) is 0.750. The molecular formula is C6H10ClNO. The maximum atomic E-state index is 10.8. The first-order chi connectivity index (χ1) is 4.22. The molecule has 1 N–H and O–H groups in total. The number of hydrogen-bond acceptors (Lipinski definition) is 1. The first-order valence-electron chi connectivity index (χ1n) is 3.13. The Labute approximate surface area is 59.6 Å². The number of carbonyl (C=O) groups is 1. The number of rotatable bonds is 0. The Kier molecular flexibility index (Phi) is 1.96. The van der Waals surface area contributed by atoms with Gasteiger partial charge in [-0.25, -0.2) is 0 Å². The first kappa shape index (κ1) is 6.87. The number of piperidine rings is 1. The molecule has 0 aromatic heterocycles. The van der Waals surface area contributed by atoms with Crippen molar-refractivity contribution < 1.29 is 4.79 Å². The minimum absolute atomic E-state index is 0.0181. The molecule has 1 rings (SSSR count). The van der Waals surface area contributed by atoms with E-state index < -0.39 is 0 Å². The molecule has 0 radical (unpaired) electrons. The fourth-order valence-corrected chi connectivity index (χ4v) is 1.13. The Bertz CT molecular complexity index is 126. The van der Waals surface area contributed by atoms with Crippen LogP contribution in [0.4, 0.5) is 0 Å². The smallest absolute Gasteiger partial charge is 0.238 e. The predicted molar refractivity (Wildman–Crippen MR) is 36.4 cm³/mol. The lowest BCUT2D eigenvalue weighted by molar-refractivity contribution is -0.122. The third-order valence-corrected chi connectivity index (χ3v) is 2.28. The summed E-state index contributed by atoms with van der Waals surface area (Å²) < 4.78 is 0. The molecule has 0 aliphatic carbocycles. The van der Waals surface area contributed by atoms with Crippen molar-refractivity contribution in [2.45, 2.75) is 18.7 Å². The number of amides is 1. The van der Waals surface area contributed by atoms with Crippen molar-refractivity contribution in [3.63, 3.8) is 0 Å². The van der Waals surface area contributed by atoms with Gasteiger partial charge in [0.25, 0.3) is 0 Å². The highest BCUT2D eigenvalue weighted by Gasteiger charge is 2.25. The second kappa shape index (κ2) is 2.56. The van der Waals surface area contributed by atoms with Crippen molar-refractivity contribution in [1.29, 1.82) is 0 Å². The van der Waals surface area contributed by atoms with E-state index in [2.05, 4.69) is 5.32 Å². The largest absolute Gasteiger partial charge is 0.355 e. The Morgan fingerprint density at radius 3 is 2.89 bits per heavy atom. The lowest BCUT2D eigenvalue weighted by Crippen LogP contribution is -2.41. The van der Waals surface area contributed by atoms with Crippen molar-refractivity contribution >= 4 is 17.5 Å². The zero-order valence-corrected chi connectivity index (χ0v) is 6.11. The van der Waals surface area contributed by atoms with Gasteiger partial charge < -0.3 is 5.32 Å². The van der Waals surface area contributed by atoms with Crippen LogP contribution in [0.5, 0.6) is 0 Å². The van der Waals surface area contributed by atoms with Crippen LogP contribution in [0, 0.1) is 5.92 Å². The van der Waals surface area contributed by atoms with Crippen LogP contribution in [0.1, 0.15) is 13.3 Å². The van der Waals surface area contributed by atoms with Crippen LogP contribution in [0.15, 0.2) is 0 Å². The molecule has 1 fully saturated rings. The SMILES string of the molecule is CC1CCNC(=O)C1Cl. The first-order valence-corrected chi connectivity index (χ1v) is 3.57. The summed E-state index contributed by atoms with van der Waals surface area (Å²) in [6, 6.07) is 0. The van der Waals surface area contributed by atoms with E-state index >= 15 is 0 Å². The molecule has 1 aliphatic heterocycles. The molecule has 0 bridgehead atoms. The second-order valence-electron chi connectivity index (χ2n) is 2.46. The normalized spacial score (nSPS) is 36.0. The zero-order chi connectivity index (χ0) is 6.85. The van der Waals surface area contributed by atoms with Crippen molar-refractivity contribution in [1.82, 2.24) is 5.32 Å². The van der Waals surface area contributed by atoms with Crippen LogP contribution < -0.4 is 5.32 Å². The van der Waals surface area contributed by atoms with Gasteiger partial charge in [0, 0.05) is 6.54 Å². The van der Waals surface area contributed by atoms with Gasteiger partial charge in [0.2, 0.25) is 5.91 Å². The van der Waals surface area contributed by atoms with E-state index in [-0.39, 0.29) is 11.3 Å². The van der Waals surface area contributed by atoms with E-state index in [0.29, 0.717) is 5.92 Å². The van der Waals surface area contributed by atoms with E-state index in [1.54, 1.807) is 0 Å². The molecule has 9 heavy (non-hydrogen) atoms. The Morgan fingerprint density at radius 2 is 2.44 bits per heavy atom. The fourth-order valence-electron chi connectivity index (χ4n) is 0.925. The molecule has 2 atom stereocenters. The average molecular weight is 148 g/mol. The van der Waals surface area contributed by atoms with Crippen molar-refractivity contribution in [2.24, 2.45) is 5.92 Å². The molecule has 1 heterocycles. The van der Waals surface area contributed by atoms with Crippen LogP contribution in [-0.4, -0.2) is 17.8 Å². The molecule has 0 aromatic carbocycles. The summed E-state index contributed by atoms with van der Waals surface area (Å²) in [7, 11) is 0. The van der Waals surface area contributed by atoms with E-state index in [9.17, 15) is 4.79 Å². The summed E-state index contributed by atoms with van der Waals surface area (Å²) in [6.07, 6.45) is 1.000. The summed E-state index contributed by atoms with van der Waals surface area (Å²) in [5.74, 6) is 0.316. The van der Waals surface area contributed by atoms with E-state index in [1.807, 2.05) is 6.92 Å². The maximum absolute atomic E-state index is 10.8. The molecule has 3 heteroatoms. The summed E-state index contributed by atoms with van der Waals surface area (Å²) in [5.41, 5.74) is 0. The molecule has 0 saturated carbocycles. The van der Waals surface area contributed by atoms with Gasteiger partial charge in [-0.15, -0.1) is 11.6 Å². The van der Waals surface area contributed by atoms with Crippen molar-refractivity contribution in [3.05, 3.63) is 0 Å². The summed E-state index contributed by atoms with van der Waals surface area (Å²) in [6.45, 7) is 2.78. The molecule has 1 aliphatic rings. The lowest BCUT2D eigenvalue weighted by Gasteiger charge is -2.22. The molecule has 1 saturated heterocycles. The van der Waals surface area contributed by atoms with Gasteiger partial charge in [-0.3, -0.25) is 4.79 Å². The Hall–Kier alpha value is -0.240. The highest BCUT2D eigenvalue weighted by molar-refractivity contribution is 6.31. The molecule has 0 spiro atoms. The Balaban J connectivity index is 2.51. The van der Waals surface area contributed by atoms with E-state index in [1.165, 1.54) is 0 Å². The fraction of sp³-hybridized carbons (Fsp3) is 0.833. The maximum Gasteiger partial charge on any atom is 0.238 e. The molecule has 2 nitrogen and oxygen atoms in total. The number of alkyl halides is 1. The van der Waals surface area contributed by atoms with Crippen LogP contribution >= 0.6 is 11.6 Å². The average Bonchev–Trinajstić information content (AvgIpc) is 1.83. The molecular weight excluding hydrogens is 138 g/mol. The van der Waals surface area contributed by atoms with Crippen molar-refractivity contribution in [3.8, 4) is 0 Å². The molecule has 52 valence electrons. The van der Waals surface area contributed by atoms with Crippen molar-refractivity contribution in [2.75, 3.05) is 6.54 Å². The zero-order valence-electron chi connectivity index (χ0n) is 5.36. The minimum atomic E-state index is -0.307. The van der Waals surface area contributed by atoms with Gasteiger partial charge in [0.1, 0.15) is 5.38 Å². The quantitative estimate of drug-likeness (QED) is 0.504. The van der Waals surface area contributed by atoms with Gasteiger partial charge in [-0.05, 0) is 12.3 Å². The van der Waals surface area contributed by atoms with Crippen LogP contribution in [0.2, 0.25) is 0 Å². The molecule has 1 amide bonds. The minimum Gasteiger partial charge on any atom is -0.355 e. The number of hydrogen-bond donors (Lipinski definition) is 1. The molecule has 0 aromatic rings. The topological polar surface area (TPSA) is 29.1 Å². The van der Waals surface area contributed by atoms with Gasteiger partial charge in [0.15, 0.2) is 0 Å². The van der Waals surface area contributed by atoms with Gasteiger partial charge >= 0.3 is 0 Å². The van der Waals surface area contributed by atoms with Crippen LogP contribution in [0.3, 0.4) is 0 Å². The summed E-state index contributed by atoms with van der Waals surface area (Å²) >= 11 is 5.71. The van der Waals surface area contributed by atoms with Gasteiger partial charge in [-0.2, -0.15) is 0 Å².